The van der Waals surface area contributed by atoms with Crippen LogP contribution in [0.5, 0.6) is 0 Å². The second-order valence-corrected chi connectivity index (χ2v) is 4.49. The van der Waals surface area contributed by atoms with Crippen LogP contribution in [0.4, 0.5) is 0 Å². The van der Waals surface area contributed by atoms with Crippen molar-refractivity contribution < 1.29 is 4.79 Å². The summed E-state index contributed by atoms with van der Waals surface area (Å²) < 4.78 is 1.06. The molecule has 0 aliphatic heterocycles. The van der Waals surface area contributed by atoms with Crippen LogP contribution in [0.1, 0.15) is 11.1 Å². The molecule has 1 N–H and O–H groups in total. The minimum Gasteiger partial charge on any atom is -0.355 e. The summed E-state index contributed by atoms with van der Waals surface area (Å²) in [5.74, 6) is -0.0957. The Hall–Kier alpha value is -0.540. The van der Waals surface area contributed by atoms with Crippen LogP contribution in [-0.2, 0) is 11.2 Å². The highest BCUT2D eigenvalue weighted by Crippen LogP contribution is 2.16. The molecule has 1 rings (SSSR count). The molecule has 0 radical (unpaired) electrons. The van der Waals surface area contributed by atoms with Crippen molar-refractivity contribution in [2.24, 2.45) is 0 Å². The second-order valence-electron chi connectivity index (χ2n) is 3.30. The topological polar surface area (TPSA) is 29.1 Å². The SMILES string of the molecule is Cc1ccc(Br)cc1CCNC(=O)CCl. The quantitative estimate of drug-likeness (QED) is 0.849. The van der Waals surface area contributed by atoms with E-state index in [1.54, 1.807) is 0 Å². The maximum absolute atomic E-state index is 10.9. The Morgan fingerprint density at radius 2 is 2.27 bits per heavy atom. The lowest BCUT2D eigenvalue weighted by molar-refractivity contribution is -0.118. The van der Waals surface area contributed by atoms with Gasteiger partial charge in [0.05, 0.1) is 0 Å². The molecule has 0 fully saturated rings. The molecule has 0 saturated carbocycles. The molecule has 1 aromatic rings. The Morgan fingerprint density at radius 1 is 1.53 bits per heavy atom. The Morgan fingerprint density at radius 3 is 2.93 bits per heavy atom. The molecule has 4 heteroatoms. The number of aryl methyl sites for hydroxylation is 1. The zero-order valence-corrected chi connectivity index (χ0v) is 10.9. The van der Waals surface area contributed by atoms with Gasteiger partial charge >= 0.3 is 0 Å². The van der Waals surface area contributed by atoms with Crippen LogP contribution < -0.4 is 5.32 Å². The van der Waals surface area contributed by atoms with Gasteiger partial charge in [0.2, 0.25) is 5.91 Å². The first kappa shape index (κ1) is 12.5. The summed E-state index contributed by atoms with van der Waals surface area (Å²) in [6.07, 6.45) is 0.827. The minimum absolute atomic E-state index is 0.0253. The smallest absolute Gasteiger partial charge is 0.234 e. The number of carbonyl (C=O) groups excluding carboxylic acids is 1. The number of hydrogen-bond acceptors (Lipinski definition) is 1. The lowest BCUT2D eigenvalue weighted by Gasteiger charge is -2.07. The van der Waals surface area contributed by atoms with Gasteiger partial charge in [0.15, 0.2) is 0 Å². The molecule has 15 heavy (non-hydrogen) atoms. The van der Waals surface area contributed by atoms with Crippen molar-refractivity contribution in [2.75, 3.05) is 12.4 Å². The summed E-state index contributed by atoms with van der Waals surface area (Å²) in [6, 6.07) is 6.14. The second kappa shape index (κ2) is 6.13. The van der Waals surface area contributed by atoms with Crippen LogP contribution in [0.15, 0.2) is 22.7 Å². The fourth-order valence-corrected chi connectivity index (χ4v) is 1.80. The van der Waals surface area contributed by atoms with Crippen molar-refractivity contribution in [3.63, 3.8) is 0 Å². The zero-order valence-electron chi connectivity index (χ0n) is 8.52. The third-order valence-corrected chi connectivity index (χ3v) is 2.89. The summed E-state index contributed by atoms with van der Waals surface area (Å²) in [4.78, 5) is 10.9. The molecular weight excluding hydrogens is 277 g/mol. The fourth-order valence-electron chi connectivity index (χ4n) is 1.29. The molecule has 2 nitrogen and oxygen atoms in total. The lowest BCUT2D eigenvalue weighted by atomic mass is 10.1. The summed E-state index contributed by atoms with van der Waals surface area (Å²) in [5, 5.41) is 2.74. The van der Waals surface area contributed by atoms with Crippen LogP contribution in [-0.4, -0.2) is 18.3 Å². The maximum Gasteiger partial charge on any atom is 0.234 e. The van der Waals surface area contributed by atoms with E-state index in [1.165, 1.54) is 11.1 Å². The van der Waals surface area contributed by atoms with E-state index < -0.39 is 0 Å². The largest absolute Gasteiger partial charge is 0.355 e. The summed E-state index contributed by atoms with van der Waals surface area (Å²) in [7, 11) is 0. The molecule has 1 amide bonds. The molecule has 0 heterocycles. The average molecular weight is 291 g/mol. The number of benzene rings is 1. The van der Waals surface area contributed by atoms with Crippen LogP contribution in [0, 0.1) is 6.92 Å². The van der Waals surface area contributed by atoms with E-state index in [9.17, 15) is 4.79 Å². The van der Waals surface area contributed by atoms with E-state index >= 15 is 0 Å². The van der Waals surface area contributed by atoms with E-state index in [4.69, 9.17) is 11.6 Å². The van der Waals surface area contributed by atoms with Crippen LogP contribution >= 0.6 is 27.5 Å². The summed E-state index contributed by atoms with van der Waals surface area (Å²) in [5.41, 5.74) is 2.47. The van der Waals surface area contributed by atoms with Crippen LogP contribution in [0.25, 0.3) is 0 Å². The standard InChI is InChI=1S/C11H13BrClNO/c1-8-2-3-10(12)6-9(8)4-5-14-11(15)7-13/h2-3,6H,4-5,7H2,1H3,(H,14,15). The predicted octanol–water partition coefficient (Wildman–Crippen LogP) is 2.66. The number of nitrogens with one attached hydrogen (secondary N) is 1. The Labute approximate surface area is 103 Å². The predicted molar refractivity (Wildman–Crippen MR) is 66.3 cm³/mol. The monoisotopic (exact) mass is 289 g/mol. The van der Waals surface area contributed by atoms with Gasteiger partial charge in [-0.2, -0.15) is 0 Å². The molecular formula is C11H13BrClNO. The van der Waals surface area contributed by atoms with E-state index in [1.807, 2.05) is 6.07 Å². The summed E-state index contributed by atoms with van der Waals surface area (Å²) in [6.45, 7) is 2.69. The Bertz CT molecular complexity index is 354. The zero-order chi connectivity index (χ0) is 11.3. The number of hydrogen-bond donors (Lipinski definition) is 1. The number of alkyl halides is 1. The van der Waals surface area contributed by atoms with Gasteiger partial charge < -0.3 is 5.32 Å². The average Bonchev–Trinajstić information content (AvgIpc) is 2.23. The first-order chi connectivity index (χ1) is 7.13. The first-order valence-electron chi connectivity index (χ1n) is 4.71. The molecule has 0 saturated heterocycles. The molecule has 0 bridgehead atoms. The fraction of sp³-hybridized carbons (Fsp3) is 0.364. The maximum atomic E-state index is 10.9. The Kier molecular flexibility index (Phi) is 5.12. The highest BCUT2D eigenvalue weighted by atomic mass is 79.9. The minimum atomic E-state index is -0.121. The molecule has 0 aliphatic carbocycles. The number of rotatable bonds is 4. The van der Waals surface area contributed by atoms with Crippen molar-refractivity contribution in [3.05, 3.63) is 33.8 Å². The normalized spacial score (nSPS) is 10.1. The van der Waals surface area contributed by atoms with E-state index in [0.29, 0.717) is 6.54 Å². The highest BCUT2D eigenvalue weighted by molar-refractivity contribution is 9.10. The third kappa shape index (κ3) is 4.22. The molecule has 1 aromatic carbocycles. The van der Waals surface area contributed by atoms with E-state index in [0.717, 1.165) is 10.9 Å². The Balaban J connectivity index is 2.50. The van der Waals surface area contributed by atoms with Crippen LogP contribution in [0.2, 0.25) is 0 Å². The van der Waals surface area contributed by atoms with Crippen LogP contribution in [0.3, 0.4) is 0 Å². The molecule has 0 atom stereocenters. The number of halogens is 2. The lowest BCUT2D eigenvalue weighted by Crippen LogP contribution is -2.26. The van der Waals surface area contributed by atoms with Gasteiger partial charge in [-0.3, -0.25) is 4.79 Å². The molecule has 0 aliphatic rings. The van der Waals surface area contributed by atoms with Gasteiger partial charge in [0.25, 0.3) is 0 Å². The number of carbonyl (C=O) groups is 1. The molecule has 82 valence electrons. The third-order valence-electron chi connectivity index (χ3n) is 2.15. The van der Waals surface area contributed by atoms with Gasteiger partial charge in [-0.25, -0.2) is 0 Å². The van der Waals surface area contributed by atoms with Gasteiger partial charge in [0.1, 0.15) is 5.88 Å². The van der Waals surface area contributed by atoms with Crippen molar-refractivity contribution in [3.8, 4) is 0 Å². The first-order valence-corrected chi connectivity index (χ1v) is 6.04. The van der Waals surface area contributed by atoms with Gasteiger partial charge in [0, 0.05) is 11.0 Å². The van der Waals surface area contributed by atoms with E-state index in [-0.39, 0.29) is 11.8 Å². The van der Waals surface area contributed by atoms with Crippen molar-refractivity contribution in [1.82, 2.24) is 5.32 Å². The van der Waals surface area contributed by atoms with E-state index in [2.05, 4.69) is 40.3 Å². The van der Waals surface area contributed by atoms with Crippen molar-refractivity contribution in [2.45, 2.75) is 13.3 Å². The van der Waals surface area contributed by atoms with Gasteiger partial charge in [-0.15, -0.1) is 11.6 Å². The van der Waals surface area contributed by atoms with Gasteiger partial charge in [-0.05, 0) is 36.6 Å². The summed E-state index contributed by atoms with van der Waals surface area (Å²) >= 11 is 8.79. The van der Waals surface area contributed by atoms with Gasteiger partial charge in [-0.1, -0.05) is 22.0 Å². The number of amides is 1. The van der Waals surface area contributed by atoms with Crippen molar-refractivity contribution in [1.29, 1.82) is 0 Å². The molecule has 0 aromatic heterocycles. The molecule has 0 unspecified atom stereocenters. The highest BCUT2D eigenvalue weighted by Gasteiger charge is 2.01. The van der Waals surface area contributed by atoms with Crippen molar-refractivity contribution >= 4 is 33.4 Å². The molecule has 0 spiro atoms.